The number of rotatable bonds is 5. The first kappa shape index (κ1) is 16.8. The number of methoxy groups -OCH3 is 1. The number of ether oxygens (including phenoxy) is 2. The van der Waals surface area contributed by atoms with Crippen LogP contribution in [0.15, 0.2) is 47.1 Å². The lowest BCUT2D eigenvalue weighted by Crippen LogP contribution is -2.32. The number of amides is 1. The quantitative estimate of drug-likeness (QED) is 0.786. The van der Waals surface area contributed by atoms with Gasteiger partial charge in [0.25, 0.3) is 0 Å². The third-order valence-electron chi connectivity index (χ3n) is 3.97. The van der Waals surface area contributed by atoms with E-state index in [-0.39, 0.29) is 12.0 Å². The van der Waals surface area contributed by atoms with Gasteiger partial charge in [-0.1, -0.05) is 12.1 Å². The Morgan fingerprint density at radius 1 is 1.38 bits per heavy atom. The van der Waals surface area contributed by atoms with Crippen LogP contribution in [0, 0.1) is 0 Å². The van der Waals surface area contributed by atoms with E-state index in [1.54, 1.807) is 13.3 Å². The second-order valence-electron chi connectivity index (χ2n) is 5.71. The van der Waals surface area contributed by atoms with Gasteiger partial charge in [-0.05, 0) is 39.7 Å². The van der Waals surface area contributed by atoms with Gasteiger partial charge in [0.1, 0.15) is 11.9 Å². The fraction of sp³-hybridized carbons (Fsp3) is 0.333. The lowest BCUT2D eigenvalue weighted by molar-refractivity contribution is -0.129. The van der Waals surface area contributed by atoms with Gasteiger partial charge in [-0.25, -0.2) is 4.98 Å². The van der Waals surface area contributed by atoms with Crippen molar-refractivity contribution >= 4 is 21.8 Å². The van der Waals surface area contributed by atoms with Crippen LogP contribution in [-0.2, 0) is 11.2 Å². The Morgan fingerprint density at radius 3 is 3.00 bits per heavy atom. The number of hydrogen-bond acceptors (Lipinski definition) is 4. The number of nitrogens with zero attached hydrogens (tertiary/aromatic N) is 2. The first-order valence-electron chi connectivity index (χ1n) is 7.83. The van der Waals surface area contributed by atoms with Gasteiger partial charge in [0.2, 0.25) is 11.8 Å². The number of likely N-dealkylation sites (tertiary alicyclic amines) is 1. The topological polar surface area (TPSA) is 51.7 Å². The van der Waals surface area contributed by atoms with Crippen LogP contribution in [0.5, 0.6) is 11.6 Å². The molecule has 1 aliphatic rings. The maximum absolute atomic E-state index is 12.5. The van der Waals surface area contributed by atoms with E-state index in [1.807, 2.05) is 41.3 Å². The SMILES string of the molecule is COc1cccc(CC(=O)N2CC[C@@H](Oc3ccc(Br)cn3)C2)c1. The van der Waals surface area contributed by atoms with E-state index in [0.717, 1.165) is 22.2 Å². The molecule has 1 aliphatic heterocycles. The number of halogens is 1. The van der Waals surface area contributed by atoms with Gasteiger partial charge in [-0.2, -0.15) is 0 Å². The molecule has 2 heterocycles. The highest BCUT2D eigenvalue weighted by molar-refractivity contribution is 9.10. The summed E-state index contributed by atoms with van der Waals surface area (Å²) in [7, 11) is 1.62. The molecule has 0 N–H and O–H groups in total. The van der Waals surface area contributed by atoms with Crippen molar-refractivity contribution in [1.29, 1.82) is 0 Å². The molecule has 0 unspecified atom stereocenters. The number of aromatic nitrogens is 1. The molecule has 1 saturated heterocycles. The molecule has 5 nitrogen and oxygen atoms in total. The van der Waals surface area contributed by atoms with Crippen LogP contribution in [0.3, 0.4) is 0 Å². The van der Waals surface area contributed by atoms with Gasteiger partial charge in [0, 0.05) is 29.7 Å². The zero-order valence-corrected chi connectivity index (χ0v) is 15.0. The number of hydrogen-bond donors (Lipinski definition) is 0. The van der Waals surface area contributed by atoms with Crippen LogP contribution in [0.2, 0.25) is 0 Å². The predicted molar refractivity (Wildman–Crippen MR) is 94.2 cm³/mol. The Labute approximate surface area is 149 Å². The van der Waals surface area contributed by atoms with Gasteiger partial charge >= 0.3 is 0 Å². The van der Waals surface area contributed by atoms with Crippen molar-refractivity contribution in [1.82, 2.24) is 9.88 Å². The van der Waals surface area contributed by atoms with E-state index in [1.165, 1.54) is 0 Å². The highest BCUT2D eigenvalue weighted by Gasteiger charge is 2.27. The van der Waals surface area contributed by atoms with E-state index in [0.29, 0.717) is 25.4 Å². The minimum Gasteiger partial charge on any atom is -0.497 e. The highest BCUT2D eigenvalue weighted by Crippen LogP contribution is 2.20. The van der Waals surface area contributed by atoms with E-state index in [9.17, 15) is 4.79 Å². The lowest BCUT2D eigenvalue weighted by atomic mass is 10.1. The van der Waals surface area contributed by atoms with Crippen molar-refractivity contribution in [3.63, 3.8) is 0 Å². The van der Waals surface area contributed by atoms with Crippen LogP contribution in [0.25, 0.3) is 0 Å². The molecule has 0 radical (unpaired) electrons. The van der Waals surface area contributed by atoms with Gasteiger partial charge in [-0.3, -0.25) is 4.79 Å². The Bertz CT molecular complexity index is 706. The molecule has 1 aromatic heterocycles. The highest BCUT2D eigenvalue weighted by atomic mass is 79.9. The van der Waals surface area contributed by atoms with Crippen molar-refractivity contribution in [2.45, 2.75) is 18.9 Å². The number of pyridine rings is 1. The molecular weight excluding hydrogens is 372 g/mol. The summed E-state index contributed by atoms with van der Waals surface area (Å²) in [6, 6.07) is 11.3. The Kier molecular flexibility index (Phi) is 5.35. The third kappa shape index (κ3) is 4.26. The molecule has 6 heteroatoms. The van der Waals surface area contributed by atoms with Crippen molar-refractivity contribution in [3.05, 3.63) is 52.6 Å². The molecule has 1 aromatic carbocycles. The fourth-order valence-corrected chi connectivity index (χ4v) is 2.96. The van der Waals surface area contributed by atoms with Crippen LogP contribution >= 0.6 is 15.9 Å². The predicted octanol–water partition coefficient (Wildman–Crippen LogP) is 3.08. The summed E-state index contributed by atoms with van der Waals surface area (Å²) in [5, 5.41) is 0. The Morgan fingerprint density at radius 2 is 2.25 bits per heavy atom. The van der Waals surface area contributed by atoms with Crippen LogP contribution in [0.1, 0.15) is 12.0 Å². The third-order valence-corrected chi connectivity index (χ3v) is 4.44. The van der Waals surface area contributed by atoms with Crippen molar-refractivity contribution in [2.75, 3.05) is 20.2 Å². The molecule has 1 amide bonds. The fourth-order valence-electron chi connectivity index (χ4n) is 2.72. The van der Waals surface area contributed by atoms with Crippen molar-refractivity contribution in [2.24, 2.45) is 0 Å². The maximum Gasteiger partial charge on any atom is 0.227 e. The molecule has 0 aliphatic carbocycles. The molecule has 24 heavy (non-hydrogen) atoms. The van der Waals surface area contributed by atoms with Gasteiger partial charge < -0.3 is 14.4 Å². The summed E-state index contributed by atoms with van der Waals surface area (Å²) in [6.45, 7) is 1.31. The molecular formula is C18H19BrN2O3. The van der Waals surface area contributed by atoms with E-state index >= 15 is 0 Å². The second kappa shape index (κ2) is 7.66. The summed E-state index contributed by atoms with van der Waals surface area (Å²) < 4.78 is 12.0. The van der Waals surface area contributed by atoms with E-state index < -0.39 is 0 Å². The summed E-state index contributed by atoms with van der Waals surface area (Å²) in [5.74, 6) is 1.47. The summed E-state index contributed by atoms with van der Waals surface area (Å²) in [5.41, 5.74) is 0.957. The maximum atomic E-state index is 12.5. The molecule has 0 spiro atoms. The summed E-state index contributed by atoms with van der Waals surface area (Å²) >= 11 is 3.35. The number of carbonyl (C=O) groups is 1. The zero-order valence-electron chi connectivity index (χ0n) is 13.4. The number of benzene rings is 1. The minimum absolute atomic E-state index is 0.00654. The normalized spacial score (nSPS) is 16.9. The largest absolute Gasteiger partial charge is 0.497 e. The number of carbonyl (C=O) groups excluding carboxylic acids is 1. The van der Waals surface area contributed by atoms with Gasteiger partial charge in [0.05, 0.1) is 20.1 Å². The smallest absolute Gasteiger partial charge is 0.227 e. The molecule has 0 saturated carbocycles. The summed E-state index contributed by atoms with van der Waals surface area (Å²) in [4.78, 5) is 18.5. The lowest BCUT2D eigenvalue weighted by Gasteiger charge is -2.17. The van der Waals surface area contributed by atoms with Crippen LogP contribution in [0.4, 0.5) is 0 Å². The molecule has 3 rings (SSSR count). The molecule has 1 atom stereocenters. The van der Waals surface area contributed by atoms with E-state index in [4.69, 9.17) is 9.47 Å². The Hall–Kier alpha value is -2.08. The van der Waals surface area contributed by atoms with Gasteiger partial charge in [-0.15, -0.1) is 0 Å². The first-order chi connectivity index (χ1) is 11.6. The van der Waals surface area contributed by atoms with Crippen molar-refractivity contribution < 1.29 is 14.3 Å². The van der Waals surface area contributed by atoms with Gasteiger partial charge in [0.15, 0.2) is 0 Å². The first-order valence-corrected chi connectivity index (χ1v) is 8.62. The Balaban J connectivity index is 1.54. The van der Waals surface area contributed by atoms with Crippen LogP contribution < -0.4 is 9.47 Å². The monoisotopic (exact) mass is 390 g/mol. The standard InChI is InChI=1S/C18H19BrN2O3/c1-23-15-4-2-3-13(9-15)10-18(22)21-8-7-16(12-21)24-17-6-5-14(19)11-20-17/h2-6,9,11,16H,7-8,10,12H2,1H3/t16-/m1/s1. The average Bonchev–Trinajstić information content (AvgIpc) is 3.06. The molecule has 2 aromatic rings. The minimum atomic E-state index is -0.00654. The molecule has 1 fully saturated rings. The average molecular weight is 391 g/mol. The van der Waals surface area contributed by atoms with Crippen LogP contribution in [-0.4, -0.2) is 42.1 Å². The van der Waals surface area contributed by atoms with Crippen molar-refractivity contribution in [3.8, 4) is 11.6 Å². The second-order valence-corrected chi connectivity index (χ2v) is 6.63. The summed E-state index contributed by atoms with van der Waals surface area (Å²) in [6.07, 6.45) is 2.89. The molecule has 0 bridgehead atoms. The zero-order chi connectivity index (χ0) is 16.9. The molecule has 126 valence electrons. The van der Waals surface area contributed by atoms with E-state index in [2.05, 4.69) is 20.9 Å².